The number of ether oxygens (including phenoxy) is 2. The van der Waals surface area contributed by atoms with Gasteiger partial charge in [-0.25, -0.2) is 5.43 Å². The third kappa shape index (κ3) is 2.63. The van der Waals surface area contributed by atoms with Crippen molar-refractivity contribution in [3.63, 3.8) is 0 Å². The summed E-state index contributed by atoms with van der Waals surface area (Å²) in [7, 11) is 1.92. The number of carbonyl (C=O) groups is 1. The summed E-state index contributed by atoms with van der Waals surface area (Å²) in [5, 5.41) is 4.22. The first-order valence-corrected chi connectivity index (χ1v) is 8.30. The van der Waals surface area contributed by atoms with Crippen LogP contribution in [0, 0.1) is 0 Å². The molecule has 0 saturated carbocycles. The van der Waals surface area contributed by atoms with Gasteiger partial charge in [0.05, 0.1) is 10.2 Å². The van der Waals surface area contributed by atoms with Gasteiger partial charge in [-0.1, -0.05) is 35.6 Å². The molecule has 7 heteroatoms. The lowest BCUT2D eigenvalue weighted by molar-refractivity contribution is -0.130. The van der Waals surface area contributed by atoms with E-state index in [1.54, 1.807) is 6.07 Å². The van der Waals surface area contributed by atoms with Crippen molar-refractivity contribution in [3.05, 3.63) is 53.3 Å². The summed E-state index contributed by atoms with van der Waals surface area (Å²) >= 11 is 1.51. The van der Waals surface area contributed by atoms with Gasteiger partial charge in [-0.3, -0.25) is 4.79 Å². The lowest BCUT2D eigenvalue weighted by atomic mass is 10.2. The molecule has 4 rings (SSSR count). The zero-order valence-electron chi connectivity index (χ0n) is 12.9. The Kier molecular flexibility index (Phi) is 3.70. The molecule has 0 fully saturated rings. The van der Waals surface area contributed by atoms with Gasteiger partial charge in [0, 0.05) is 7.05 Å². The van der Waals surface area contributed by atoms with Crippen molar-refractivity contribution >= 4 is 27.5 Å². The maximum Gasteiger partial charge on any atom is 0.284 e. The summed E-state index contributed by atoms with van der Waals surface area (Å²) in [6, 6.07) is 15.3. The summed E-state index contributed by atoms with van der Waals surface area (Å²) < 4.78 is 14.3. The second kappa shape index (κ2) is 6.01. The fourth-order valence-electron chi connectivity index (χ4n) is 2.51. The molecule has 0 spiro atoms. The third-order valence-corrected chi connectivity index (χ3v) is 4.89. The van der Waals surface area contributed by atoms with Crippen molar-refractivity contribution in [2.75, 3.05) is 6.61 Å². The molecule has 1 aromatic heterocycles. The lowest BCUT2D eigenvalue weighted by Gasteiger charge is -2.24. The molecule has 2 heterocycles. The Bertz CT molecular complexity index is 976. The Balaban J connectivity index is 1.53. The lowest BCUT2D eigenvalue weighted by Crippen LogP contribution is -2.43. The zero-order chi connectivity index (χ0) is 16.5. The number of hydrogen-bond acceptors (Lipinski definition) is 5. The molecular formula is C17H15N3O3S. The van der Waals surface area contributed by atoms with Crippen molar-refractivity contribution in [3.8, 4) is 11.5 Å². The minimum Gasteiger partial charge on any atom is -0.485 e. The van der Waals surface area contributed by atoms with Crippen molar-refractivity contribution < 1.29 is 14.3 Å². The molecule has 1 atom stereocenters. The average Bonchev–Trinajstić information content (AvgIpc) is 2.95. The normalized spacial score (nSPS) is 17.0. The van der Waals surface area contributed by atoms with Crippen LogP contribution in [0.15, 0.2) is 53.6 Å². The van der Waals surface area contributed by atoms with Gasteiger partial charge in [0.25, 0.3) is 5.91 Å². The average molecular weight is 341 g/mol. The molecule has 0 radical (unpaired) electrons. The molecule has 2 aromatic carbocycles. The van der Waals surface area contributed by atoms with Crippen molar-refractivity contribution in [1.82, 2.24) is 9.99 Å². The smallest absolute Gasteiger partial charge is 0.284 e. The van der Waals surface area contributed by atoms with E-state index in [0.29, 0.717) is 16.3 Å². The molecule has 3 aromatic rings. The van der Waals surface area contributed by atoms with Crippen LogP contribution in [0.3, 0.4) is 0 Å². The van der Waals surface area contributed by atoms with E-state index in [9.17, 15) is 4.79 Å². The van der Waals surface area contributed by atoms with Crippen LogP contribution in [0.25, 0.3) is 10.2 Å². The van der Waals surface area contributed by atoms with E-state index >= 15 is 0 Å². The van der Waals surface area contributed by atoms with Crippen molar-refractivity contribution in [2.45, 2.75) is 6.10 Å². The maximum atomic E-state index is 12.3. The first-order valence-electron chi connectivity index (χ1n) is 7.49. The van der Waals surface area contributed by atoms with Crippen LogP contribution in [0.2, 0.25) is 0 Å². The van der Waals surface area contributed by atoms with Gasteiger partial charge >= 0.3 is 0 Å². The first-order chi connectivity index (χ1) is 11.7. The van der Waals surface area contributed by atoms with E-state index in [1.807, 2.05) is 54.1 Å². The van der Waals surface area contributed by atoms with Gasteiger partial charge in [0.15, 0.2) is 11.5 Å². The van der Waals surface area contributed by atoms with Gasteiger partial charge in [0.2, 0.25) is 10.9 Å². The standard InChI is InChI=1S/C17H15N3O3S/c1-20-11-6-2-5-9-15(11)24-17(20)19-18-16(21)14-10-22-12-7-3-4-8-13(12)23-14/h2-9,14H,10H2,1H3,(H,18,21)/b19-17+/t14-/m0/s1. The molecule has 6 nitrogen and oxygen atoms in total. The van der Waals surface area contributed by atoms with E-state index < -0.39 is 6.10 Å². The van der Waals surface area contributed by atoms with Crippen LogP contribution in [-0.2, 0) is 11.8 Å². The highest BCUT2D eigenvalue weighted by atomic mass is 32.1. The molecular weight excluding hydrogens is 326 g/mol. The third-order valence-electron chi connectivity index (χ3n) is 3.78. The van der Waals surface area contributed by atoms with Crippen LogP contribution in [0.5, 0.6) is 11.5 Å². The Morgan fingerprint density at radius 1 is 1.21 bits per heavy atom. The Morgan fingerprint density at radius 3 is 2.79 bits per heavy atom. The Morgan fingerprint density at radius 2 is 1.96 bits per heavy atom. The van der Waals surface area contributed by atoms with E-state index in [2.05, 4.69) is 10.5 Å². The number of aromatic nitrogens is 1. The van der Waals surface area contributed by atoms with Gasteiger partial charge in [-0.05, 0) is 24.3 Å². The second-order valence-corrected chi connectivity index (χ2v) is 6.37. The molecule has 1 aliphatic heterocycles. The second-order valence-electron chi connectivity index (χ2n) is 5.36. The molecule has 0 saturated heterocycles. The monoisotopic (exact) mass is 341 g/mol. The largest absolute Gasteiger partial charge is 0.485 e. The number of aryl methyl sites for hydroxylation is 1. The summed E-state index contributed by atoms with van der Waals surface area (Å²) in [6.45, 7) is 0.164. The fraction of sp³-hybridized carbons (Fsp3) is 0.176. The van der Waals surface area contributed by atoms with Crippen LogP contribution in [0.4, 0.5) is 0 Å². The molecule has 0 bridgehead atoms. The van der Waals surface area contributed by atoms with Crippen LogP contribution in [-0.4, -0.2) is 23.2 Å². The number of amides is 1. The van der Waals surface area contributed by atoms with Crippen LogP contribution >= 0.6 is 11.3 Å². The molecule has 1 N–H and O–H groups in total. The Labute approximate surface area is 141 Å². The van der Waals surface area contributed by atoms with E-state index in [-0.39, 0.29) is 12.5 Å². The topological polar surface area (TPSA) is 64.9 Å². The highest BCUT2D eigenvalue weighted by Crippen LogP contribution is 2.30. The highest BCUT2D eigenvalue weighted by Gasteiger charge is 2.27. The van der Waals surface area contributed by atoms with Gasteiger partial charge in [-0.15, -0.1) is 5.10 Å². The summed E-state index contributed by atoms with van der Waals surface area (Å²) in [6.07, 6.45) is -0.719. The number of para-hydroxylation sites is 3. The SMILES string of the molecule is Cn1/c(=N\NC(=O)[C@@H]2COc3ccccc3O2)sc2ccccc21. The van der Waals surface area contributed by atoms with Crippen molar-refractivity contribution in [1.29, 1.82) is 0 Å². The number of hydrogen-bond donors (Lipinski definition) is 1. The number of thiazole rings is 1. The zero-order valence-corrected chi connectivity index (χ0v) is 13.7. The van der Waals surface area contributed by atoms with Gasteiger partial charge < -0.3 is 14.0 Å². The molecule has 122 valence electrons. The highest BCUT2D eigenvalue weighted by molar-refractivity contribution is 7.16. The summed E-state index contributed by atoms with van der Waals surface area (Å²) in [5.41, 5.74) is 3.64. The van der Waals surface area contributed by atoms with E-state index in [4.69, 9.17) is 9.47 Å². The minimum atomic E-state index is -0.719. The Hall–Kier alpha value is -2.80. The number of fused-ring (bicyclic) bond motifs is 2. The molecule has 24 heavy (non-hydrogen) atoms. The van der Waals surface area contributed by atoms with E-state index in [1.165, 1.54) is 11.3 Å². The number of nitrogens with zero attached hydrogens (tertiary/aromatic N) is 2. The fourth-order valence-corrected chi connectivity index (χ4v) is 3.49. The summed E-state index contributed by atoms with van der Waals surface area (Å²) in [4.78, 5) is 13.0. The number of benzene rings is 2. The summed E-state index contributed by atoms with van der Waals surface area (Å²) in [5.74, 6) is 0.882. The van der Waals surface area contributed by atoms with Crippen LogP contribution in [0.1, 0.15) is 0 Å². The minimum absolute atomic E-state index is 0.164. The molecule has 0 aliphatic carbocycles. The van der Waals surface area contributed by atoms with Crippen molar-refractivity contribution in [2.24, 2.45) is 12.1 Å². The number of nitrogens with one attached hydrogen (secondary N) is 1. The number of carbonyl (C=O) groups excluding carboxylic acids is 1. The maximum absolute atomic E-state index is 12.3. The molecule has 1 amide bonds. The molecule has 1 aliphatic rings. The predicted octanol–water partition coefficient (Wildman–Crippen LogP) is 2.01. The first kappa shape index (κ1) is 14.8. The van der Waals surface area contributed by atoms with Gasteiger partial charge in [-0.2, -0.15) is 0 Å². The predicted molar refractivity (Wildman–Crippen MR) is 90.9 cm³/mol. The van der Waals surface area contributed by atoms with E-state index in [0.717, 1.165) is 10.2 Å². The quantitative estimate of drug-likeness (QED) is 0.725. The van der Waals surface area contributed by atoms with Crippen LogP contribution < -0.4 is 19.7 Å². The number of rotatable bonds is 2. The van der Waals surface area contributed by atoms with Gasteiger partial charge in [0.1, 0.15) is 6.61 Å². The molecule has 0 unspecified atom stereocenters.